The van der Waals surface area contributed by atoms with E-state index in [1.807, 2.05) is 13.8 Å². The number of aromatic nitrogens is 1. The molecule has 0 amide bonds. The molecule has 8 heteroatoms. The van der Waals surface area contributed by atoms with Crippen molar-refractivity contribution in [2.24, 2.45) is 5.16 Å². The highest BCUT2D eigenvalue weighted by atomic mass is 32.1. The maximum absolute atomic E-state index is 12.3. The van der Waals surface area contributed by atoms with Crippen molar-refractivity contribution in [3.8, 4) is 0 Å². The zero-order chi connectivity index (χ0) is 16.3. The molecule has 0 spiro atoms. The minimum atomic E-state index is -1.24. The van der Waals surface area contributed by atoms with Crippen molar-refractivity contribution in [1.82, 2.24) is 4.57 Å². The number of nitrogens with zero attached hydrogens (tertiary/aromatic N) is 2. The number of carbonyl (C=O) groups is 1. The number of fused-ring (bicyclic) bond motifs is 1. The van der Waals surface area contributed by atoms with Crippen LogP contribution in [0.15, 0.2) is 22.2 Å². The Morgan fingerprint density at radius 3 is 2.73 bits per heavy atom. The lowest BCUT2D eigenvalue weighted by Crippen LogP contribution is -2.17. The average Bonchev–Trinajstić information content (AvgIpc) is 2.93. The molecule has 2 aromatic rings. The van der Waals surface area contributed by atoms with Gasteiger partial charge in [-0.25, -0.2) is 4.79 Å². The first-order valence-electron chi connectivity index (χ1n) is 6.68. The first-order chi connectivity index (χ1) is 10.5. The van der Waals surface area contributed by atoms with Crippen LogP contribution in [-0.2, 0) is 16.1 Å². The lowest BCUT2D eigenvalue weighted by molar-refractivity contribution is 0.0695. The summed E-state index contributed by atoms with van der Waals surface area (Å²) in [6.45, 7) is 4.63. The highest BCUT2D eigenvalue weighted by Gasteiger charge is 2.19. The minimum Gasteiger partial charge on any atom is -0.477 e. The van der Waals surface area contributed by atoms with Crippen LogP contribution in [0.2, 0.25) is 0 Å². The van der Waals surface area contributed by atoms with Gasteiger partial charge in [0.1, 0.15) is 17.5 Å². The van der Waals surface area contributed by atoms with E-state index in [4.69, 9.17) is 14.7 Å². The largest absolute Gasteiger partial charge is 0.477 e. The Labute approximate surface area is 130 Å². The lowest BCUT2D eigenvalue weighted by atomic mass is 10.2. The van der Waals surface area contributed by atoms with Crippen LogP contribution in [0.5, 0.6) is 0 Å². The smallest absolute Gasteiger partial charge is 0.341 e. The standard InChI is InChI=1S/C14H16N2O5S/c1-4-16-7-9(14(18)19)11(17)8-6-10(22-13(8)16)12(15-20-3)21-5-2/h6-7H,4-5H2,1-3H3,(H,18,19). The summed E-state index contributed by atoms with van der Waals surface area (Å²) >= 11 is 1.31. The van der Waals surface area contributed by atoms with E-state index in [0.717, 1.165) is 0 Å². The first-order valence-corrected chi connectivity index (χ1v) is 7.49. The molecule has 0 aliphatic carbocycles. The molecule has 0 atom stereocenters. The molecule has 0 radical (unpaired) electrons. The molecule has 22 heavy (non-hydrogen) atoms. The molecule has 2 aromatic heterocycles. The Morgan fingerprint density at radius 2 is 2.18 bits per heavy atom. The normalized spacial score (nSPS) is 11.7. The number of hydrogen-bond donors (Lipinski definition) is 1. The van der Waals surface area contributed by atoms with Gasteiger partial charge in [-0.15, -0.1) is 11.3 Å². The van der Waals surface area contributed by atoms with Crippen molar-refractivity contribution in [3.05, 3.63) is 32.9 Å². The molecule has 0 bridgehead atoms. The predicted molar refractivity (Wildman–Crippen MR) is 83.9 cm³/mol. The maximum atomic E-state index is 12.3. The zero-order valence-electron chi connectivity index (χ0n) is 12.5. The molecular formula is C14H16N2O5S. The molecule has 2 rings (SSSR count). The van der Waals surface area contributed by atoms with Crippen LogP contribution in [0.1, 0.15) is 29.1 Å². The molecule has 0 saturated carbocycles. The number of ether oxygens (including phenoxy) is 1. The Balaban J connectivity index is 2.72. The number of rotatable bonds is 5. The van der Waals surface area contributed by atoms with Gasteiger partial charge in [0.05, 0.1) is 16.9 Å². The predicted octanol–water partition coefficient (Wildman–Crippen LogP) is 2.13. The SMILES string of the molecule is CCOC(=NOC)c1cc2c(=O)c(C(=O)O)cn(CC)c2s1. The highest BCUT2D eigenvalue weighted by Crippen LogP contribution is 2.25. The van der Waals surface area contributed by atoms with Crippen molar-refractivity contribution in [3.63, 3.8) is 0 Å². The summed E-state index contributed by atoms with van der Waals surface area (Å²) in [5.74, 6) is -0.970. The Hall–Kier alpha value is -2.35. The monoisotopic (exact) mass is 324 g/mol. The van der Waals surface area contributed by atoms with Gasteiger partial charge in [-0.3, -0.25) is 4.79 Å². The van der Waals surface area contributed by atoms with Crippen molar-refractivity contribution in [2.45, 2.75) is 20.4 Å². The van der Waals surface area contributed by atoms with Crippen LogP contribution in [0.25, 0.3) is 10.2 Å². The van der Waals surface area contributed by atoms with E-state index in [0.29, 0.717) is 28.2 Å². The van der Waals surface area contributed by atoms with Crippen molar-refractivity contribution in [1.29, 1.82) is 0 Å². The van der Waals surface area contributed by atoms with Gasteiger partial charge in [0.15, 0.2) is 0 Å². The number of aromatic carboxylic acids is 1. The summed E-state index contributed by atoms with van der Waals surface area (Å²) in [6, 6.07) is 1.59. The molecule has 7 nitrogen and oxygen atoms in total. The van der Waals surface area contributed by atoms with Gasteiger partial charge < -0.3 is 19.2 Å². The number of hydrogen-bond acceptors (Lipinski definition) is 6. The molecule has 0 aliphatic heterocycles. The van der Waals surface area contributed by atoms with Gasteiger partial charge in [-0.05, 0) is 25.1 Å². The lowest BCUT2D eigenvalue weighted by Gasteiger charge is -2.05. The third-order valence-corrected chi connectivity index (χ3v) is 4.14. The molecule has 0 fully saturated rings. The van der Waals surface area contributed by atoms with Gasteiger partial charge in [0.2, 0.25) is 5.43 Å². The number of oxime groups is 1. The van der Waals surface area contributed by atoms with Crippen molar-refractivity contribution < 1.29 is 19.5 Å². The second-order valence-corrected chi connectivity index (χ2v) is 5.34. The second-order valence-electron chi connectivity index (χ2n) is 4.30. The Kier molecular flexibility index (Phi) is 4.81. The summed E-state index contributed by atoms with van der Waals surface area (Å²) < 4.78 is 7.12. The summed E-state index contributed by atoms with van der Waals surface area (Å²) in [6.07, 6.45) is 1.36. The van der Waals surface area contributed by atoms with Gasteiger partial charge in [-0.2, -0.15) is 0 Å². The third kappa shape index (κ3) is 2.82. The summed E-state index contributed by atoms with van der Waals surface area (Å²) in [7, 11) is 1.40. The van der Waals surface area contributed by atoms with Gasteiger partial charge in [-0.1, -0.05) is 0 Å². The molecule has 1 N–H and O–H groups in total. The fourth-order valence-corrected chi connectivity index (χ4v) is 3.16. The molecule has 0 aliphatic rings. The minimum absolute atomic E-state index is 0.250. The van der Waals surface area contributed by atoms with Crippen LogP contribution < -0.4 is 5.43 Å². The van der Waals surface area contributed by atoms with E-state index in [1.165, 1.54) is 24.6 Å². The number of carboxylic acid groups (broad SMARTS) is 1. The molecular weight excluding hydrogens is 308 g/mol. The topological polar surface area (TPSA) is 90.1 Å². The van der Waals surface area contributed by atoms with E-state index in [-0.39, 0.29) is 11.5 Å². The molecule has 0 unspecified atom stereocenters. The second kappa shape index (κ2) is 6.61. The third-order valence-electron chi connectivity index (χ3n) is 2.98. The molecule has 118 valence electrons. The van der Waals surface area contributed by atoms with Crippen LogP contribution in [0.4, 0.5) is 0 Å². The average molecular weight is 324 g/mol. The van der Waals surface area contributed by atoms with Gasteiger partial charge in [0.25, 0.3) is 5.90 Å². The fourth-order valence-electron chi connectivity index (χ4n) is 2.03. The van der Waals surface area contributed by atoms with E-state index in [1.54, 1.807) is 10.6 Å². The molecule has 0 saturated heterocycles. The van der Waals surface area contributed by atoms with Crippen LogP contribution >= 0.6 is 11.3 Å². The highest BCUT2D eigenvalue weighted by molar-refractivity contribution is 7.20. The summed E-state index contributed by atoms with van der Waals surface area (Å²) in [4.78, 5) is 29.5. The Bertz CT molecular complexity index is 790. The molecule has 2 heterocycles. The van der Waals surface area contributed by atoms with E-state index < -0.39 is 11.4 Å². The maximum Gasteiger partial charge on any atom is 0.341 e. The quantitative estimate of drug-likeness (QED) is 0.517. The van der Waals surface area contributed by atoms with Crippen LogP contribution in [0.3, 0.4) is 0 Å². The van der Waals surface area contributed by atoms with E-state index in [9.17, 15) is 9.59 Å². The van der Waals surface area contributed by atoms with Gasteiger partial charge in [0, 0.05) is 12.7 Å². The summed E-state index contributed by atoms with van der Waals surface area (Å²) in [5, 5.41) is 13.3. The van der Waals surface area contributed by atoms with Crippen molar-refractivity contribution in [2.75, 3.05) is 13.7 Å². The summed E-state index contributed by atoms with van der Waals surface area (Å²) in [5.41, 5.74) is -0.761. The zero-order valence-corrected chi connectivity index (χ0v) is 13.3. The number of pyridine rings is 1. The van der Waals surface area contributed by atoms with Crippen LogP contribution in [-0.4, -0.2) is 35.3 Å². The van der Waals surface area contributed by atoms with Gasteiger partial charge >= 0.3 is 5.97 Å². The van der Waals surface area contributed by atoms with E-state index in [2.05, 4.69) is 5.16 Å². The number of thiophene rings is 1. The molecule has 0 aromatic carbocycles. The van der Waals surface area contributed by atoms with Crippen LogP contribution in [0, 0.1) is 0 Å². The van der Waals surface area contributed by atoms with E-state index >= 15 is 0 Å². The Morgan fingerprint density at radius 1 is 1.45 bits per heavy atom. The number of carboxylic acids is 1. The first kappa shape index (κ1) is 16.0. The number of aryl methyl sites for hydroxylation is 1. The fraction of sp³-hybridized carbons (Fsp3) is 0.357. The van der Waals surface area contributed by atoms with Crippen molar-refractivity contribution >= 4 is 33.4 Å².